The maximum atomic E-state index is 11.7. The number of esters is 1. The highest BCUT2D eigenvalue weighted by Gasteiger charge is 2.57. The van der Waals surface area contributed by atoms with Gasteiger partial charge in [0.2, 0.25) is 5.89 Å². The number of rotatable bonds is 3. The Kier molecular flexibility index (Phi) is 2.70. The van der Waals surface area contributed by atoms with Crippen LogP contribution in [0.25, 0.3) is 0 Å². The van der Waals surface area contributed by atoms with Gasteiger partial charge in [-0.1, -0.05) is 0 Å². The van der Waals surface area contributed by atoms with Crippen molar-refractivity contribution in [3.63, 3.8) is 0 Å². The van der Waals surface area contributed by atoms with Crippen LogP contribution in [-0.4, -0.2) is 49.5 Å². The molecule has 0 atom stereocenters. The summed E-state index contributed by atoms with van der Waals surface area (Å²) in [6, 6.07) is 0. The van der Waals surface area contributed by atoms with E-state index in [0.717, 1.165) is 13.1 Å². The molecule has 0 unspecified atom stereocenters. The molecule has 0 amide bonds. The van der Waals surface area contributed by atoms with Crippen LogP contribution in [-0.2, 0) is 19.7 Å². The summed E-state index contributed by atoms with van der Waals surface area (Å²) in [4.78, 5) is 18.0. The number of methoxy groups -OCH3 is 1. The zero-order valence-corrected chi connectivity index (χ0v) is 10.2. The molecule has 1 aliphatic carbocycles. The molecule has 1 aromatic heterocycles. The number of hydrogen-bond donors (Lipinski definition) is 0. The fourth-order valence-corrected chi connectivity index (χ4v) is 2.13. The summed E-state index contributed by atoms with van der Waals surface area (Å²) in [6.07, 6.45) is 1.43. The van der Waals surface area contributed by atoms with Gasteiger partial charge in [0.1, 0.15) is 5.41 Å². The number of aromatic nitrogens is 2. The first kappa shape index (κ1) is 11.5. The van der Waals surface area contributed by atoms with Gasteiger partial charge < -0.3 is 18.9 Å². The van der Waals surface area contributed by atoms with Crippen molar-refractivity contribution in [2.75, 3.05) is 38.3 Å². The molecule has 7 nitrogen and oxygen atoms in total. The van der Waals surface area contributed by atoms with Crippen molar-refractivity contribution in [2.45, 2.75) is 18.3 Å². The van der Waals surface area contributed by atoms with Gasteiger partial charge in [-0.2, -0.15) is 4.98 Å². The van der Waals surface area contributed by atoms with Crippen molar-refractivity contribution in [3.8, 4) is 0 Å². The molecular formula is C11H15N3O4. The second-order valence-electron chi connectivity index (χ2n) is 4.57. The zero-order chi connectivity index (χ0) is 12.6. The molecule has 1 saturated heterocycles. The van der Waals surface area contributed by atoms with E-state index in [0.29, 0.717) is 37.9 Å². The SMILES string of the molecule is COC(=O)C1(c2nc(N3CCOCC3)no2)CC1. The second kappa shape index (κ2) is 4.24. The van der Waals surface area contributed by atoms with Crippen molar-refractivity contribution in [1.82, 2.24) is 10.1 Å². The van der Waals surface area contributed by atoms with Crippen molar-refractivity contribution < 1.29 is 18.8 Å². The summed E-state index contributed by atoms with van der Waals surface area (Å²) in [5.41, 5.74) is -0.688. The monoisotopic (exact) mass is 253 g/mol. The second-order valence-corrected chi connectivity index (χ2v) is 4.57. The summed E-state index contributed by atoms with van der Waals surface area (Å²) < 4.78 is 15.3. The van der Waals surface area contributed by atoms with Gasteiger partial charge in [0.15, 0.2) is 0 Å². The third-order valence-electron chi connectivity index (χ3n) is 3.44. The minimum absolute atomic E-state index is 0.292. The molecule has 3 rings (SSSR count). The van der Waals surface area contributed by atoms with Gasteiger partial charge in [-0.25, -0.2) is 0 Å². The minimum Gasteiger partial charge on any atom is -0.468 e. The smallest absolute Gasteiger partial charge is 0.321 e. The average molecular weight is 253 g/mol. The lowest BCUT2D eigenvalue weighted by Gasteiger charge is -2.24. The zero-order valence-electron chi connectivity index (χ0n) is 10.2. The Balaban J connectivity index is 1.79. The normalized spacial score (nSPS) is 21.7. The molecular weight excluding hydrogens is 238 g/mol. The Labute approximate surface area is 104 Å². The van der Waals surface area contributed by atoms with Gasteiger partial charge >= 0.3 is 5.97 Å². The number of hydrogen-bond acceptors (Lipinski definition) is 7. The number of morpholine rings is 1. The molecule has 2 aliphatic rings. The topological polar surface area (TPSA) is 77.7 Å². The van der Waals surface area contributed by atoms with Gasteiger partial charge in [0.25, 0.3) is 5.95 Å². The van der Waals surface area contributed by atoms with E-state index < -0.39 is 5.41 Å². The molecule has 0 radical (unpaired) electrons. The van der Waals surface area contributed by atoms with E-state index >= 15 is 0 Å². The third-order valence-corrected chi connectivity index (χ3v) is 3.44. The van der Waals surface area contributed by atoms with Gasteiger partial charge in [-0.3, -0.25) is 4.79 Å². The maximum Gasteiger partial charge on any atom is 0.321 e. The number of nitrogens with zero attached hydrogens (tertiary/aromatic N) is 3. The molecule has 0 spiro atoms. The lowest BCUT2D eigenvalue weighted by molar-refractivity contribution is -0.144. The highest BCUT2D eigenvalue weighted by Crippen LogP contribution is 2.48. The van der Waals surface area contributed by atoms with Crippen LogP contribution in [0.3, 0.4) is 0 Å². The molecule has 0 N–H and O–H groups in total. The predicted molar refractivity (Wildman–Crippen MR) is 60.3 cm³/mol. The quantitative estimate of drug-likeness (QED) is 0.707. The molecule has 2 fully saturated rings. The largest absolute Gasteiger partial charge is 0.468 e. The predicted octanol–water partition coefficient (Wildman–Crippen LogP) is 0.111. The van der Waals surface area contributed by atoms with Crippen LogP contribution >= 0.6 is 0 Å². The van der Waals surface area contributed by atoms with Gasteiger partial charge in [-0.05, 0) is 18.0 Å². The highest BCUT2D eigenvalue weighted by molar-refractivity contribution is 5.85. The van der Waals surface area contributed by atoms with Gasteiger partial charge in [0, 0.05) is 13.1 Å². The molecule has 1 aromatic rings. The Bertz CT molecular complexity index is 449. The van der Waals surface area contributed by atoms with E-state index in [1.165, 1.54) is 7.11 Å². The molecule has 1 saturated carbocycles. The standard InChI is InChI=1S/C11H15N3O4/c1-16-9(15)11(2-3-11)8-12-10(13-18-8)14-4-6-17-7-5-14/h2-7H2,1H3. The third kappa shape index (κ3) is 1.74. The van der Waals surface area contributed by atoms with Gasteiger partial charge in [-0.15, -0.1) is 0 Å². The fraction of sp³-hybridized carbons (Fsp3) is 0.727. The first-order valence-corrected chi connectivity index (χ1v) is 6.01. The van der Waals surface area contributed by atoms with Crippen LogP contribution in [0.15, 0.2) is 4.52 Å². The first-order valence-electron chi connectivity index (χ1n) is 6.01. The molecule has 1 aliphatic heterocycles. The molecule has 0 aromatic carbocycles. The van der Waals surface area contributed by atoms with E-state index in [2.05, 4.69) is 10.1 Å². The molecule has 18 heavy (non-hydrogen) atoms. The molecule has 0 bridgehead atoms. The van der Waals surface area contributed by atoms with Crippen molar-refractivity contribution in [3.05, 3.63) is 5.89 Å². The van der Waals surface area contributed by atoms with Crippen molar-refractivity contribution in [1.29, 1.82) is 0 Å². The maximum absolute atomic E-state index is 11.7. The summed E-state index contributed by atoms with van der Waals surface area (Å²) in [6.45, 7) is 2.80. The molecule has 2 heterocycles. The number of ether oxygens (including phenoxy) is 2. The number of carbonyl (C=O) groups is 1. The average Bonchev–Trinajstić information content (AvgIpc) is 3.09. The summed E-state index contributed by atoms with van der Waals surface area (Å²) >= 11 is 0. The Morgan fingerprint density at radius 3 is 2.72 bits per heavy atom. The van der Waals surface area contributed by atoms with Crippen LogP contribution in [0.4, 0.5) is 5.95 Å². The summed E-state index contributed by atoms with van der Waals surface area (Å²) in [5.74, 6) is 0.610. The van der Waals surface area contributed by atoms with Crippen LogP contribution in [0.2, 0.25) is 0 Å². The van der Waals surface area contributed by atoms with E-state index in [9.17, 15) is 4.79 Å². The summed E-state index contributed by atoms with van der Waals surface area (Å²) in [7, 11) is 1.38. The number of carbonyl (C=O) groups excluding carboxylic acids is 1. The minimum atomic E-state index is -0.688. The first-order chi connectivity index (χ1) is 8.76. The summed E-state index contributed by atoms with van der Waals surface area (Å²) in [5, 5.41) is 3.94. The fourth-order valence-electron chi connectivity index (χ4n) is 2.13. The van der Waals surface area contributed by atoms with Gasteiger partial charge in [0.05, 0.1) is 20.3 Å². The van der Waals surface area contributed by atoms with Crippen LogP contribution in [0.1, 0.15) is 18.7 Å². The van der Waals surface area contributed by atoms with E-state index in [-0.39, 0.29) is 5.97 Å². The molecule has 98 valence electrons. The lowest BCUT2D eigenvalue weighted by Crippen LogP contribution is -2.37. The highest BCUT2D eigenvalue weighted by atomic mass is 16.5. The Hall–Kier alpha value is -1.63. The van der Waals surface area contributed by atoms with Crippen LogP contribution < -0.4 is 4.90 Å². The van der Waals surface area contributed by atoms with E-state index in [4.69, 9.17) is 14.0 Å². The van der Waals surface area contributed by atoms with Crippen molar-refractivity contribution in [2.24, 2.45) is 0 Å². The van der Waals surface area contributed by atoms with E-state index in [1.807, 2.05) is 4.90 Å². The van der Waals surface area contributed by atoms with Crippen LogP contribution in [0.5, 0.6) is 0 Å². The number of anilines is 1. The van der Waals surface area contributed by atoms with Crippen molar-refractivity contribution >= 4 is 11.9 Å². The van der Waals surface area contributed by atoms with E-state index in [1.54, 1.807) is 0 Å². The Morgan fingerprint density at radius 2 is 2.11 bits per heavy atom. The Morgan fingerprint density at radius 1 is 1.39 bits per heavy atom. The molecule has 7 heteroatoms. The van der Waals surface area contributed by atoms with Crippen LogP contribution in [0, 0.1) is 0 Å². The lowest BCUT2D eigenvalue weighted by atomic mass is 10.1.